The summed E-state index contributed by atoms with van der Waals surface area (Å²) in [7, 11) is 0. The van der Waals surface area contributed by atoms with Gasteiger partial charge < -0.3 is 5.32 Å². The number of carbonyl (C=O) groups is 1. The molecule has 1 amide bonds. The fourth-order valence-corrected chi connectivity index (χ4v) is 6.11. The molecule has 0 radical (unpaired) electrons. The predicted molar refractivity (Wildman–Crippen MR) is 101 cm³/mol. The number of carbonyl (C=O) groups excluding carboxylic acids is 1. The van der Waals surface area contributed by atoms with Gasteiger partial charge in [0.25, 0.3) is 0 Å². The van der Waals surface area contributed by atoms with Gasteiger partial charge in [-0.15, -0.1) is 5.10 Å². The maximum Gasteiger partial charge on any atom is 0.226 e. The van der Waals surface area contributed by atoms with Crippen molar-refractivity contribution in [2.75, 3.05) is 0 Å². The van der Waals surface area contributed by atoms with Crippen molar-refractivity contribution < 1.29 is 4.79 Å². The first-order chi connectivity index (χ1) is 13.0. The number of rotatable bonds is 4. The molecular weight excluding hydrogens is 338 g/mol. The van der Waals surface area contributed by atoms with Gasteiger partial charge in [0, 0.05) is 5.41 Å². The van der Waals surface area contributed by atoms with Crippen LogP contribution in [0.25, 0.3) is 5.69 Å². The van der Waals surface area contributed by atoms with E-state index in [0.29, 0.717) is 12.4 Å². The molecule has 4 aliphatic carbocycles. The fraction of sp³-hybridized carbons (Fsp3) is 0.619. The summed E-state index contributed by atoms with van der Waals surface area (Å²) in [6, 6.07) is 6.17. The van der Waals surface area contributed by atoms with Crippen LogP contribution in [0.2, 0.25) is 0 Å². The van der Waals surface area contributed by atoms with E-state index in [4.69, 9.17) is 0 Å². The largest absolute Gasteiger partial charge is 0.348 e. The van der Waals surface area contributed by atoms with Gasteiger partial charge in [-0.05, 0) is 104 Å². The maximum absolute atomic E-state index is 13.1. The molecule has 0 unspecified atom stereocenters. The summed E-state index contributed by atoms with van der Waals surface area (Å²) < 4.78 is 1.73. The molecule has 4 fully saturated rings. The van der Waals surface area contributed by atoms with Gasteiger partial charge in [-0.25, -0.2) is 0 Å². The summed E-state index contributed by atoms with van der Waals surface area (Å²) in [6.07, 6.45) is 7.26. The van der Waals surface area contributed by atoms with Crippen molar-refractivity contribution in [3.63, 3.8) is 0 Å². The van der Waals surface area contributed by atoms with E-state index in [-0.39, 0.29) is 11.3 Å². The van der Waals surface area contributed by atoms with E-state index in [9.17, 15) is 4.79 Å². The second-order valence-corrected chi connectivity index (χ2v) is 9.16. The number of amides is 1. The van der Waals surface area contributed by atoms with Gasteiger partial charge in [0.1, 0.15) is 0 Å². The van der Waals surface area contributed by atoms with Gasteiger partial charge in [0.05, 0.1) is 12.2 Å². The summed E-state index contributed by atoms with van der Waals surface area (Å²) in [6.45, 7) is 4.55. The Morgan fingerprint density at radius 2 is 1.78 bits per heavy atom. The molecule has 142 valence electrons. The molecule has 1 N–H and O–H groups in total. The molecule has 1 aromatic carbocycles. The Morgan fingerprint density at radius 1 is 1.11 bits per heavy atom. The number of tetrazole rings is 1. The first-order valence-electron chi connectivity index (χ1n) is 10.2. The molecule has 0 aliphatic heterocycles. The molecule has 6 nitrogen and oxygen atoms in total. The topological polar surface area (TPSA) is 72.7 Å². The normalized spacial score (nSPS) is 31.3. The Morgan fingerprint density at radius 3 is 2.41 bits per heavy atom. The quantitative estimate of drug-likeness (QED) is 0.903. The molecule has 4 aliphatic rings. The minimum Gasteiger partial charge on any atom is -0.348 e. The zero-order valence-electron chi connectivity index (χ0n) is 16.1. The number of benzene rings is 1. The fourth-order valence-electron chi connectivity index (χ4n) is 6.11. The Hall–Kier alpha value is -2.24. The van der Waals surface area contributed by atoms with Crippen molar-refractivity contribution >= 4 is 5.91 Å². The maximum atomic E-state index is 13.1. The van der Waals surface area contributed by atoms with E-state index < -0.39 is 0 Å². The van der Waals surface area contributed by atoms with E-state index in [1.807, 2.05) is 6.07 Å². The average molecular weight is 365 g/mol. The SMILES string of the molecule is Cc1ccc(-n2nnnc2CNC(=O)C23CC4CC(CC(C4)C2)C3)cc1C. The van der Waals surface area contributed by atoms with Crippen molar-refractivity contribution in [2.24, 2.45) is 23.2 Å². The molecule has 4 bridgehead atoms. The number of nitrogens with zero attached hydrogens (tertiary/aromatic N) is 4. The smallest absolute Gasteiger partial charge is 0.226 e. The molecule has 6 heteroatoms. The monoisotopic (exact) mass is 365 g/mol. The van der Waals surface area contributed by atoms with Crippen LogP contribution in [0.5, 0.6) is 0 Å². The molecule has 1 heterocycles. The lowest BCUT2D eigenvalue weighted by Crippen LogP contribution is -2.53. The summed E-state index contributed by atoms with van der Waals surface area (Å²) in [4.78, 5) is 13.1. The van der Waals surface area contributed by atoms with Crippen molar-refractivity contribution in [1.29, 1.82) is 0 Å². The highest BCUT2D eigenvalue weighted by Gasteiger charge is 2.54. The zero-order chi connectivity index (χ0) is 18.6. The molecule has 6 rings (SSSR count). The average Bonchev–Trinajstić information content (AvgIpc) is 3.09. The second-order valence-electron chi connectivity index (χ2n) is 9.16. The first kappa shape index (κ1) is 16.9. The number of nitrogens with one attached hydrogen (secondary N) is 1. The number of aryl methyl sites for hydroxylation is 2. The summed E-state index contributed by atoms with van der Waals surface area (Å²) in [5.41, 5.74) is 3.24. The Kier molecular flexibility index (Phi) is 3.85. The predicted octanol–water partition coefficient (Wildman–Crippen LogP) is 3.11. The Labute approximate surface area is 159 Å². The minimum atomic E-state index is -0.131. The van der Waals surface area contributed by atoms with E-state index >= 15 is 0 Å². The van der Waals surface area contributed by atoms with Gasteiger partial charge in [-0.2, -0.15) is 4.68 Å². The van der Waals surface area contributed by atoms with Crippen LogP contribution in [0, 0.1) is 37.0 Å². The second kappa shape index (κ2) is 6.14. The third kappa shape index (κ3) is 2.86. The van der Waals surface area contributed by atoms with Crippen molar-refractivity contribution in [1.82, 2.24) is 25.5 Å². The van der Waals surface area contributed by atoms with E-state index in [2.05, 4.69) is 46.8 Å². The van der Waals surface area contributed by atoms with Gasteiger partial charge in [-0.1, -0.05) is 6.07 Å². The van der Waals surface area contributed by atoms with Crippen molar-refractivity contribution in [2.45, 2.75) is 58.9 Å². The highest BCUT2D eigenvalue weighted by Crippen LogP contribution is 2.60. The van der Waals surface area contributed by atoms with Crippen LogP contribution in [-0.4, -0.2) is 26.1 Å². The minimum absolute atomic E-state index is 0.131. The van der Waals surface area contributed by atoms with Gasteiger partial charge in [-0.3, -0.25) is 4.79 Å². The van der Waals surface area contributed by atoms with Crippen molar-refractivity contribution in [3.05, 3.63) is 35.2 Å². The molecule has 0 spiro atoms. The first-order valence-corrected chi connectivity index (χ1v) is 10.2. The van der Waals surface area contributed by atoms with Crippen LogP contribution in [0.4, 0.5) is 0 Å². The Balaban J connectivity index is 1.32. The Bertz CT molecular complexity index is 851. The summed E-state index contributed by atoms with van der Waals surface area (Å²) in [5, 5.41) is 15.3. The third-order valence-corrected chi connectivity index (χ3v) is 7.20. The van der Waals surface area contributed by atoms with Crippen LogP contribution in [0.1, 0.15) is 55.5 Å². The van der Waals surface area contributed by atoms with E-state index in [1.165, 1.54) is 30.4 Å². The van der Waals surface area contributed by atoms with E-state index in [0.717, 1.165) is 42.7 Å². The molecule has 27 heavy (non-hydrogen) atoms. The lowest BCUT2D eigenvalue weighted by Gasteiger charge is -2.55. The lowest BCUT2D eigenvalue weighted by atomic mass is 9.49. The highest BCUT2D eigenvalue weighted by atomic mass is 16.2. The molecule has 4 saturated carbocycles. The van der Waals surface area contributed by atoms with Gasteiger partial charge in [0.15, 0.2) is 5.82 Å². The number of hydrogen-bond donors (Lipinski definition) is 1. The zero-order valence-corrected chi connectivity index (χ0v) is 16.1. The van der Waals surface area contributed by atoms with Crippen LogP contribution in [0.15, 0.2) is 18.2 Å². The van der Waals surface area contributed by atoms with Crippen LogP contribution < -0.4 is 5.32 Å². The van der Waals surface area contributed by atoms with Crippen molar-refractivity contribution in [3.8, 4) is 5.69 Å². The van der Waals surface area contributed by atoms with Crippen LogP contribution >= 0.6 is 0 Å². The summed E-state index contributed by atoms with van der Waals surface area (Å²) in [5.74, 6) is 3.20. The third-order valence-electron chi connectivity index (χ3n) is 7.20. The molecule has 0 saturated heterocycles. The standard InChI is InChI=1S/C21H27N5O/c1-13-3-4-18(5-14(13)2)26-19(23-24-25-26)12-22-20(27)21-9-15-6-16(10-21)8-17(7-15)11-21/h3-5,15-17H,6-12H2,1-2H3,(H,22,27). The van der Waals surface area contributed by atoms with Crippen LogP contribution in [-0.2, 0) is 11.3 Å². The van der Waals surface area contributed by atoms with E-state index in [1.54, 1.807) is 4.68 Å². The van der Waals surface area contributed by atoms with Crippen LogP contribution in [0.3, 0.4) is 0 Å². The van der Waals surface area contributed by atoms with Gasteiger partial charge >= 0.3 is 0 Å². The molecule has 0 atom stereocenters. The van der Waals surface area contributed by atoms with Gasteiger partial charge in [0.2, 0.25) is 5.91 Å². The molecular formula is C21H27N5O. The highest BCUT2D eigenvalue weighted by molar-refractivity contribution is 5.83. The molecule has 1 aromatic heterocycles. The number of aromatic nitrogens is 4. The lowest BCUT2D eigenvalue weighted by molar-refractivity contribution is -0.146. The number of hydrogen-bond acceptors (Lipinski definition) is 4. The molecule has 2 aromatic rings. The summed E-state index contributed by atoms with van der Waals surface area (Å²) >= 11 is 0.